The van der Waals surface area contributed by atoms with E-state index in [2.05, 4.69) is 15.0 Å². The van der Waals surface area contributed by atoms with Gasteiger partial charge in [0.1, 0.15) is 11.7 Å². The summed E-state index contributed by atoms with van der Waals surface area (Å²) in [5.74, 6) is 1.84. The summed E-state index contributed by atoms with van der Waals surface area (Å²) in [5.41, 5.74) is 0.590. The second kappa shape index (κ2) is 5.89. The molecule has 2 aromatic heterocycles. The Morgan fingerprint density at radius 2 is 2.12 bits per heavy atom. The number of hydrogen-bond donors (Lipinski definition) is 0. The quantitative estimate of drug-likeness (QED) is 0.848. The maximum atomic E-state index is 12.8. The standard InChI is InChI=1S/C16H20ClN5O2/c1-20-5-6-22(16(23)12-7-11(17)8-21(12)2)9-13(20)15-18-14(19-24-15)10-3-4-10/h7-8,10,13H,3-6,9H2,1-2H3. The summed E-state index contributed by atoms with van der Waals surface area (Å²) in [6.07, 6.45) is 4.01. The Morgan fingerprint density at radius 1 is 1.33 bits per heavy atom. The highest BCUT2D eigenvalue weighted by Gasteiger charge is 2.35. The van der Waals surface area contributed by atoms with Crippen LogP contribution in [0.4, 0.5) is 0 Å². The van der Waals surface area contributed by atoms with Crippen molar-refractivity contribution in [3.05, 3.63) is 34.7 Å². The SMILES string of the molecule is CN1CCN(C(=O)c2cc(Cl)cn2C)CC1c1nc(C2CC2)no1. The lowest BCUT2D eigenvalue weighted by molar-refractivity contribution is 0.0480. The predicted molar refractivity (Wildman–Crippen MR) is 88.0 cm³/mol. The van der Waals surface area contributed by atoms with Crippen molar-refractivity contribution in [2.45, 2.75) is 24.8 Å². The molecule has 2 aromatic rings. The molecule has 24 heavy (non-hydrogen) atoms. The molecule has 3 heterocycles. The van der Waals surface area contributed by atoms with Gasteiger partial charge < -0.3 is 14.0 Å². The molecule has 7 nitrogen and oxygen atoms in total. The molecule has 4 rings (SSSR count). The van der Waals surface area contributed by atoms with Crippen LogP contribution in [0.5, 0.6) is 0 Å². The first-order valence-corrected chi connectivity index (χ1v) is 8.55. The van der Waals surface area contributed by atoms with Gasteiger partial charge in [-0.3, -0.25) is 9.69 Å². The lowest BCUT2D eigenvalue weighted by Gasteiger charge is -2.37. The molecule has 0 radical (unpaired) electrons. The highest BCUT2D eigenvalue weighted by atomic mass is 35.5. The first-order chi connectivity index (χ1) is 11.5. The van der Waals surface area contributed by atoms with E-state index >= 15 is 0 Å². The van der Waals surface area contributed by atoms with Gasteiger partial charge in [-0.05, 0) is 26.0 Å². The first kappa shape index (κ1) is 15.7. The van der Waals surface area contributed by atoms with Crippen LogP contribution in [0.3, 0.4) is 0 Å². The van der Waals surface area contributed by atoms with Crippen molar-refractivity contribution >= 4 is 17.5 Å². The number of aromatic nitrogens is 3. The van der Waals surface area contributed by atoms with Gasteiger partial charge in [-0.1, -0.05) is 16.8 Å². The number of amides is 1. The number of aryl methyl sites for hydroxylation is 1. The summed E-state index contributed by atoms with van der Waals surface area (Å²) in [6, 6.07) is 1.63. The fraction of sp³-hybridized carbons (Fsp3) is 0.562. The molecule has 0 N–H and O–H groups in total. The Morgan fingerprint density at radius 3 is 2.79 bits per heavy atom. The Bertz CT molecular complexity index is 766. The number of rotatable bonds is 3. The van der Waals surface area contributed by atoms with Crippen molar-refractivity contribution in [1.82, 2.24) is 24.5 Å². The molecular formula is C16H20ClN5O2. The van der Waals surface area contributed by atoms with E-state index in [1.807, 2.05) is 19.0 Å². The molecule has 1 saturated carbocycles. The summed E-state index contributed by atoms with van der Waals surface area (Å²) in [7, 11) is 3.85. The maximum absolute atomic E-state index is 12.8. The van der Waals surface area contributed by atoms with E-state index in [9.17, 15) is 4.79 Å². The van der Waals surface area contributed by atoms with Gasteiger partial charge in [0.05, 0.1) is 5.02 Å². The van der Waals surface area contributed by atoms with Gasteiger partial charge in [0.25, 0.3) is 5.91 Å². The lowest BCUT2D eigenvalue weighted by atomic mass is 10.1. The monoisotopic (exact) mass is 349 g/mol. The van der Waals surface area contributed by atoms with Crippen molar-refractivity contribution in [3.63, 3.8) is 0 Å². The number of halogens is 1. The zero-order valence-electron chi connectivity index (χ0n) is 13.8. The number of carbonyl (C=O) groups is 1. The molecule has 1 amide bonds. The molecule has 1 atom stereocenters. The Kier molecular flexibility index (Phi) is 3.85. The van der Waals surface area contributed by atoms with E-state index in [0.717, 1.165) is 25.2 Å². The first-order valence-electron chi connectivity index (χ1n) is 8.18. The fourth-order valence-corrected chi connectivity index (χ4v) is 3.36. The second-order valence-electron chi connectivity index (χ2n) is 6.67. The minimum atomic E-state index is -0.0709. The molecular weight excluding hydrogens is 330 g/mol. The zero-order chi connectivity index (χ0) is 16.8. The maximum Gasteiger partial charge on any atom is 0.270 e. The minimum Gasteiger partial charge on any atom is -0.345 e. The lowest BCUT2D eigenvalue weighted by Crippen LogP contribution is -2.49. The smallest absolute Gasteiger partial charge is 0.270 e. The highest BCUT2D eigenvalue weighted by Crippen LogP contribution is 2.38. The third-order valence-electron chi connectivity index (χ3n) is 4.81. The predicted octanol–water partition coefficient (Wildman–Crippen LogP) is 2.07. The molecule has 1 saturated heterocycles. The molecule has 1 unspecified atom stereocenters. The fourth-order valence-electron chi connectivity index (χ4n) is 3.11. The van der Waals surface area contributed by atoms with Crippen LogP contribution in [0.2, 0.25) is 5.02 Å². The minimum absolute atomic E-state index is 0.0237. The summed E-state index contributed by atoms with van der Waals surface area (Å²) in [4.78, 5) is 21.3. The van der Waals surface area contributed by atoms with Crippen LogP contribution in [-0.2, 0) is 7.05 Å². The van der Waals surface area contributed by atoms with Crippen LogP contribution < -0.4 is 0 Å². The van der Waals surface area contributed by atoms with E-state index < -0.39 is 0 Å². The molecule has 0 bridgehead atoms. The zero-order valence-corrected chi connectivity index (χ0v) is 14.5. The third-order valence-corrected chi connectivity index (χ3v) is 5.02. The van der Waals surface area contributed by atoms with Crippen LogP contribution >= 0.6 is 11.6 Å². The summed E-state index contributed by atoms with van der Waals surface area (Å²) in [5, 5.41) is 4.66. The molecule has 0 aromatic carbocycles. The largest absolute Gasteiger partial charge is 0.345 e. The van der Waals surface area contributed by atoms with Gasteiger partial charge in [-0.2, -0.15) is 4.98 Å². The number of piperazine rings is 1. The third kappa shape index (κ3) is 2.82. The van der Waals surface area contributed by atoms with Gasteiger partial charge in [-0.15, -0.1) is 0 Å². The van der Waals surface area contributed by atoms with Crippen molar-refractivity contribution in [2.75, 3.05) is 26.7 Å². The molecule has 1 aliphatic heterocycles. The Balaban J connectivity index is 1.53. The summed E-state index contributed by atoms with van der Waals surface area (Å²) >= 11 is 6.00. The molecule has 0 spiro atoms. The van der Waals surface area contributed by atoms with Crippen molar-refractivity contribution in [1.29, 1.82) is 0 Å². The number of nitrogens with zero attached hydrogens (tertiary/aromatic N) is 5. The van der Waals surface area contributed by atoms with Crippen LogP contribution in [-0.4, -0.2) is 57.1 Å². The molecule has 8 heteroatoms. The van der Waals surface area contributed by atoms with E-state index in [-0.39, 0.29) is 11.9 Å². The molecule has 2 aliphatic rings. The van der Waals surface area contributed by atoms with Gasteiger partial charge in [0, 0.05) is 38.8 Å². The van der Waals surface area contributed by atoms with Gasteiger partial charge in [-0.25, -0.2) is 0 Å². The topological polar surface area (TPSA) is 67.4 Å². The van der Waals surface area contributed by atoms with Crippen LogP contribution in [0.15, 0.2) is 16.8 Å². The summed E-state index contributed by atoms with van der Waals surface area (Å²) < 4.78 is 7.23. The summed E-state index contributed by atoms with van der Waals surface area (Å²) in [6.45, 7) is 1.96. The second-order valence-corrected chi connectivity index (χ2v) is 7.10. The van der Waals surface area contributed by atoms with Crippen molar-refractivity contribution < 1.29 is 9.32 Å². The Labute approximate surface area is 145 Å². The number of carbonyl (C=O) groups excluding carboxylic acids is 1. The average Bonchev–Trinajstić information content (AvgIpc) is 3.19. The van der Waals surface area contributed by atoms with Crippen LogP contribution in [0, 0.1) is 0 Å². The van der Waals surface area contributed by atoms with E-state index in [0.29, 0.717) is 35.6 Å². The number of hydrogen-bond acceptors (Lipinski definition) is 5. The van der Waals surface area contributed by atoms with Crippen molar-refractivity contribution in [3.8, 4) is 0 Å². The van der Waals surface area contributed by atoms with Gasteiger partial charge >= 0.3 is 0 Å². The van der Waals surface area contributed by atoms with E-state index in [4.69, 9.17) is 16.1 Å². The van der Waals surface area contributed by atoms with E-state index in [1.165, 1.54) is 0 Å². The Hall–Kier alpha value is -1.86. The van der Waals surface area contributed by atoms with E-state index in [1.54, 1.807) is 16.8 Å². The van der Waals surface area contributed by atoms with Crippen molar-refractivity contribution in [2.24, 2.45) is 7.05 Å². The normalized spacial score (nSPS) is 22.1. The van der Waals surface area contributed by atoms with Gasteiger partial charge in [0.2, 0.25) is 5.89 Å². The molecule has 2 fully saturated rings. The molecule has 128 valence electrons. The highest BCUT2D eigenvalue weighted by molar-refractivity contribution is 6.31. The average molecular weight is 350 g/mol. The molecule has 1 aliphatic carbocycles. The van der Waals surface area contributed by atoms with Crippen LogP contribution in [0.1, 0.15) is 47.0 Å². The number of likely N-dealkylation sites (N-methyl/N-ethyl adjacent to an activating group) is 1. The van der Waals surface area contributed by atoms with Crippen LogP contribution in [0.25, 0.3) is 0 Å². The van der Waals surface area contributed by atoms with Gasteiger partial charge in [0.15, 0.2) is 5.82 Å².